The lowest BCUT2D eigenvalue weighted by atomic mass is 9.99. The van der Waals surface area contributed by atoms with Crippen molar-refractivity contribution in [2.24, 2.45) is 5.84 Å². The molecule has 1 unspecified atom stereocenters. The van der Waals surface area contributed by atoms with Crippen LogP contribution in [-0.4, -0.2) is 13.4 Å². The molecule has 0 heterocycles. The van der Waals surface area contributed by atoms with Crippen LogP contribution < -0.4 is 16.0 Å². The molecule has 0 saturated carbocycles. The summed E-state index contributed by atoms with van der Waals surface area (Å²) in [6.07, 6.45) is 2.86. The Kier molecular flexibility index (Phi) is 6.11. The van der Waals surface area contributed by atoms with E-state index >= 15 is 0 Å². The summed E-state index contributed by atoms with van der Waals surface area (Å²) in [5, 5.41) is 0. The Balaban J connectivity index is 2.31. The van der Waals surface area contributed by atoms with Crippen molar-refractivity contribution in [1.29, 1.82) is 0 Å². The van der Waals surface area contributed by atoms with Crippen molar-refractivity contribution in [2.45, 2.75) is 17.4 Å². The number of rotatable bonds is 6. The van der Waals surface area contributed by atoms with Gasteiger partial charge in [0.15, 0.2) is 0 Å². The van der Waals surface area contributed by atoms with Crippen molar-refractivity contribution >= 4 is 27.7 Å². The Bertz CT molecular complexity index is 607. The maximum atomic E-state index is 5.79. The van der Waals surface area contributed by atoms with Gasteiger partial charge in [0.05, 0.1) is 13.2 Å². The summed E-state index contributed by atoms with van der Waals surface area (Å²) in [6, 6.07) is 14.4. The zero-order chi connectivity index (χ0) is 15.2. The van der Waals surface area contributed by atoms with E-state index in [9.17, 15) is 0 Å². The summed E-state index contributed by atoms with van der Waals surface area (Å²) in [5.41, 5.74) is 5.30. The number of nitrogens with one attached hydrogen (secondary N) is 1. The minimum Gasteiger partial charge on any atom is -0.497 e. The van der Waals surface area contributed by atoms with Crippen LogP contribution in [0.2, 0.25) is 0 Å². The van der Waals surface area contributed by atoms with Crippen LogP contribution in [0, 0.1) is 0 Å². The molecule has 0 aromatic heterocycles. The Morgan fingerprint density at radius 1 is 1.29 bits per heavy atom. The highest BCUT2D eigenvalue weighted by Crippen LogP contribution is 2.31. The highest BCUT2D eigenvalue weighted by Gasteiger charge is 2.16. The topological polar surface area (TPSA) is 47.3 Å². The summed E-state index contributed by atoms with van der Waals surface area (Å²) in [4.78, 5) is 1.24. The molecule has 0 fully saturated rings. The minimum absolute atomic E-state index is 0.0528. The van der Waals surface area contributed by atoms with Crippen LogP contribution in [0.15, 0.2) is 51.8 Å². The summed E-state index contributed by atoms with van der Waals surface area (Å²) >= 11 is 5.33. The molecular weight excluding hydrogens is 348 g/mol. The molecule has 0 amide bonds. The molecule has 5 heteroatoms. The fourth-order valence-electron chi connectivity index (χ4n) is 2.27. The largest absolute Gasteiger partial charge is 0.497 e. The normalized spacial score (nSPS) is 12.2. The van der Waals surface area contributed by atoms with Crippen LogP contribution in [0.1, 0.15) is 17.2 Å². The lowest BCUT2D eigenvalue weighted by Gasteiger charge is -2.20. The lowest BCUT2D eigenvalue weighted by molar-refractivity contribution is 0.413. The Morgan fingerprint density at radius 2 is 2.05 bits per heavy atom. The van der Waals surface area contributed by atoms with E-state index in [-0.39, 0.29) is 6.04 Å². The molecule has 0 aliphatic heterocycles. The number of nitrogens with two attached hydrogens (primary N) is 1. The van der Waals surface area contributed by atoms with Gasteiger partial charge in [0.2, 0.25) is 0 Å². The van der Waals surface area contributed by atoms with Crippen LogP contribution in [0.25, 0.3) is 0 Å². The minimum atomic E-state index is 0.0528. The summed E-state index contributed by atoms with van der Waals surface area (Å²) in [5.74, 6) is 6.64. The van der Waals surface area contributed by atoms with Crippen LogP contribution in [-0.2, 0) is 6.42 Å². The maximum absolute atomic E-state index is 5.79. The van der Waals surface area contributed by atoms with Gasteiger partial charge < -0.3 is 4.74 Å². The van der Waals surface area contributed by atoms with Crippen LogP contribution in [0.3, 0.4) is 0 Å². The van der Waals surface area contributed by atoms with Crippen LogP contribution in [0.4, 0.5) is 0 Å². The number of methoxy groups -OCH3 is 1. The molecule has 0 spiro atoms. The summed E-state index contributed by atoms with van der Waals surface area (Å²) in [7, 11) is 1.68. The first-order chi connectivity index (χ1) is 10.2. The van der Waals surface area contributed by atoms with Gasteiger partial charge in [0, 0.05) is 9.37 Å². The third kappa shape index (κ3) is 4.01. The van der Waals surface area contributed by atoms with E-state index in [0.717, 1.165) is 22.2 Å². The van der Waals surface area contributed by atoms with E-state index in [4.69, 9.17) is 10.6 Å². The molecule has 0 aliphatic carbocycles. The molecular formula is C16H19BrN2OS. The van der Waals surface area contributed by atoms with Crippen molar-refractivity contribution < 1.29 is 4.74 Å². The zero-order valence-corrected chi connectivity index (χ0v) is 14.5. The quantitative estimate of drug-likeness (QED) is 0.462. The van der Waals surface area contributed by atoms with Crippen LogP contribution >= 0.6 is 27.7 Å². The first-order valence-corrected chi connectivity index (χ1v) is 8.62. The molecule has 112 valence electrons. The van der Waals surface area contributed by atoms with E-state index < -0.39 is 0 Å². The fraction of sp³-hybridized carbons (Fsp3) is 0.250. The second-order valence-electron chi connectivity index (χ2n) is 4.62. The number of hydrogen-bond donors (Lipinski definition) is 2. The molecule has 3 nitrogen and oxygen atoms in total. The predicted octanol–water partition coefficient (Wildman–Crippen LogP) is 3.93. The number of benzene rings is 2. The van der Waals surface area contributed by atoms with Gasteiger partial charge in [-0.2, -0.15) is 0 Å². The fourth-order valence-corrected chi connectivity index (χ4v) is 3.34. The molecule has 0 bridgehead atoms. The van der Waals surface area contributed by atoms with Gasteiger partial charge in [-0.25, -0.2) is 0 Å². The van der Waals surface area contributed by atoms with Crippen molar-refractivity contribution in [3.63, 3.8) is 0 Å². The Labute approximate surface area is 138 Å². The second-order valence-corrected chi connectivity index (χ2v) is 6.33. The van der Waals surface area contributed by atoms with Gasteiger partial charge in [-0.3, -0.25) is 11.3 Å². The number of hydrazine groups is 1. The van der Waals surface area contributed by atoms with E-state index in [2.05, 4.69) is 39.7 Å². The van der Waals surface area contributed by atoms with Gasteiger partial charge in [-0.15, -0.1) is 11.8 Å². The summed E-state index contributed by atoms with van der Waals surface area (Å²) < 4.78 is 6.36. The standard InChI is InChI=1S/C16H19BrN2OS/c1-20-12-7-8-14(17)11(9-12)10-15(19-18)13-5-3-4-6-16(13)21-2/h3-9,15,19H,10,18H2,1-2H3. The van der Waals surface area contributed by atoms with Crippen molar-refractivity contribution in [1.82, 2.24) is 5.43 Å². The number of thioether (sulfide) groups is 1. The molecule has 1 atom stereocenters. The number of ether oxygens (including phenoxy) is 1. The molecule has 2 aromatic carbocycles. The number of halogens is 1. The molecule has 21 heavy (non-hydrogen) atoms. The first-order valence-electron chi connectivity index (χ1n) is 6.61. The second kappa shape index (κ2) is 7.84. The average molecular weight is 367 g/mol. The van der Waals surface area contributed by atoms with Crippen molar-refractivity contribution in [3.05, 3.63) is 58.1 Å². The third-order valence-corrected chi connectivity index (χ3v) is 4.98. The highest BCUT2D eigenvalue weighted by molar-refractivity contribution is 9.10. The smallest absolute Gasteiger partial charge is 0.119 e. The molecule has 2 rings (SSSR count). The summed E-state index contributed by atoms with van der Waals surface area (Å²) in [6.45, 7) is 0. The van der Waals surface area contributed by atoms with E-state index in [1.165, 1.54) is 10.5 Å². The molecule has 0 radical (unpaired) electrons. The van der Waals surface area contributed by atoms with Crippen molar-refractivity contribution in [3.8, 4) is 5.75 Å². The Morgan fingerprint density at radius 3 is 2.71 bits per heavy atom. The first kappa shape index (κ1) is 16.4. The SMILES string of the molecule is COc1ccc(Br)c(CC(NN)c2ccccc2SC)c1. The molecule has 3 N–H and O–H groups in total. The van der Waals surface area contributed by atoms with E-state index in [0.29, 0.717) is 0 Å². The maximum Gasteiger partial charge on any atom is 0.119 e. The van der Waals surface area contributed by atoms with Gasteiger partial charge >= 0.3 is 0 Å². The van der Waals surface area contributed by atoms with E-state index in [1.807, 2.05) is 30.3 Å². The van der Waals surface area contributed by atoms with Gasteiger partial charge in [-0.1, -0.05) is 34.1 Å². The number of hydrogen-bond acceptors (Lipinski definition) is 4. The van der Waals surface area contributed by atoms with Gasteiger partial charge in [0.1, 0.15) is 5.75 Å². The van der Waals surface area contributed by atoms with Crippen molar-refractivity contribution in [2.75, 3.05) is 13.4 Å². The monoisotopic (exact) mass is 366 g/mol. The average Bonchev–Trinajstić information content (AvgIpc) is 2.54. The Hall–Kier alpha value is -1.01. The van der Waals surface area contributed by atoms with Crippen LogP contribution in [0.5, 0.6) is 5.75 Å². The predicted molar refractivity (Wildman–Crippen MR) is 92.7 cm³/mol. The zero-order valence-electron chi connectivity index (χ0n) is 12.1. The van der Waals surface area contributed by atoms with E-state index in [1.54, 1.807) is 18.9 Å². The van der Waals surface area contributed by atoms with Gasteiger partial charge in [-0.05, 0) is 48.1 Å². The lowest BCUT2D eigenvalue weighted by Crippen LogP contribution is -2.30. The third-order valence-electron chi connectivity index (χ3n) is 3.39. The molecule has 2 aromatic rings. The van der Waals surface area contributed by atoms with Gasteiger partial charge in [0.25, 0.3) is 0 Å². The molecule has 0 saturated heterocycles. The molecule has 0 aliphatic rings. The highest BCUT2D eigenvalue weighted by atomic mass is 79.9.